The highest BCUT2D eigenvalue weighted by Gasteiger charge is 2.37. The first-order valence-corrected chi connectivity index (χ1v) is 6.72. The van der Waals surface area contributed by atoms with Crippen molar-refractivity contribution in [1.29, 1.82) is 0 Å². The number of benzene rings is 1. The Morgan fingerprint density at radius 1 is 1.25 bits per heavy atom. The van der Waals surface area contributed by atoms with Gasteiger partial charge in [0, 0.05) is 11.8 Å². The normalized spacial score (nSPS) is 18.8. The maximum Gasteiger partial charge on any atom is 0.416 e. The summed E-state index contributed by atoms with van der Waals surface area (Å²) >= 11 is 0. The molecule has 2 nitrogen and oxygen atoms in total. The van der Waals surface area contributed by atoms with E-state index in [0.29, 0.717) is 12.8 Å². The number of hydrogen-bond donors (Lipinski definition) is 1. The number of carbonyl (C=O) groups is 1. The minimum atomic E-state index is -4.41. The fourth-order valence-electron chi connectivity index (χ4n) is 2.59. The number of hydrogen-bond acceptors (Lipinski definition) is 2. The third kappa shape index (κ3) is 3.20. The number of piperidine rings is 1. The maximum absolute atomic E-state index is 12.9. The largest absolute Gasteiger partial charge is 0.416 e. The summed E-state index contributed by atoms with van der Waals surface area (Å²) in [4.78, 5) is 12.4. The summed E-state index contributed by atoms with van der Waals surface area (Å²) in [7, 11) is 0. The number of carbonyl (C=O) groups excluding carboxylic acids is 1. The number of ketones is 1. The van der Waals surface area contributed by atoms with Crippen molar-refractivity contribution in [2.45, 2.75) is 32.4 Å². The zero-order chi connectivity index (χ0) is 14.8. The molecule has 0 bridgehead atoms. The molecule has 20 heavy (non-hydrogen) atoms. The van der Waals surface area contributed by atoms with Crippen LogP contribution in [0.3, 0.4) is 0 Å². The van der Waals surface area contributed by atoms with E-state index in [1.807, 2.05) is 6.92 Å². The van der Waals surface area contributed by atoms with Gasteiger partial charge in [-0.1, -0.05) is 25.1 Å². The number of Topliss-reactive ketones (excluding diaryl/α,β-unsaturated/α-hetero) is 1. The molecule has 0 unspecified atom stereocenters. The molecule has 0 aromatic heterocycles. The predicted molar refractivity (Wildman–Crippen MR) is 70.4 cm³/mol. The molecular weight excluding hydrogens is 267 g/mol. The van der Waals surface area contributed by atoms with Crippen molar-refractivity contribution >= 4 is 5.78 Å². The van der Waals surface area contributed by atoms with Crippen molar-refractivity contribution in [3.8, 4) is 0 Å². The van der Waals surface area contributed by atoms with Gasteiger partial charge in [-0.15, -0.1) is 0 Å². The second-order valence-electron chi connectivity index (χ2n) is 5.57. The van der Waals surface area contributed by atoms with Gasteiger partial charge in [0.15, 0.2) is 0 Å². The van der Waals surface area contributed by atoms with E-state index >= 15 is 0 Å². The van der Waals surface area contributed by atoms with Gasteiger partial charge in [-0.3, -0.25) is 4.79 Å². The molecule has 1 aromatic rings. The monoisotopic (exact) mass is 285 g/mol. The van der Waals surface area contributed by atoms with E-state index in [4.69, 9.17) is 0 Å². The Balaban J connectivity index is 2.20. The Bertz CT molecular complexity index is 490. The summed E-state index contributed by atoms with van der Waals surface area (Å²) in [5.74, 6) is -0.101. The number of nitrogens with one attached hydrogen (secondary N) is 1. The molecule has 1 fully saturated rings. The van der Waals surface area contributed by atoms with Crippen LogP contribution in [-0.2, 0) is 17.4 Å². The summed E-state index contributed by atoms with van der Waals surface area (Å²) in [6.45, 7) is 3.33. The van der Waals surface area contributed by atoms with Crippen LogP contribution in [0.1, 0.15) is 30.9 Å². The Morgan fingerprint density at radius 3 is 2.45 bits per heavy atom. The van der Waals surface area contributed by atoms with Gasteiger partial charge in [0.25, 0.3) is 0 Å². The van der Waals surface area contributed by atoms with Crippen molar-refractivity contribution in [2.24, 2.45) is 5.41 Å². The quantitative estimate of drug-likeness (QED) is 0.924. The predicted octanol–water partition coefficient (Wildman–Crippen LogP) is 3.21. The Morgan fingerprint density at radius 2 is 1.85 bits per heavy atom. The maximum atomic E-state index is 12.9. The third-order valence-corrected chi connectivity index (χ3v) is 4.05. The zero-order valence-electron chi connectivity index (χ0n) is 11.4. The minimum absolute atomic E-state index is 0.0738. The molecule has 5 heteroatoms. The molecular formula is C15H18F3NO. The molecule has 1 saturated heterocycles. The van der Waals surface area contributed by atoms with E-state index in [1.165, 1.54) is 12.1 Å². The smallest absolute Gasteiger partial charge is 0.317 e. The zero-order valence-corrected chi connectivity index (χ0v) is 11.4. The number of rotatable bonds is 3. The van der Waals surface area contributed by atoms with Gasteiger partial charge >= 0.3 is 6.18 Å². The summed E-state index contributed by atoms with van der Waals surface area (Å²) in [6, 6.07) is 5.32. The first-order chi connectivity index (χ1) is 9.33. The lowest BCUT2D eigenvalue weighted by molar-refractivity contribution is -0.138. The molecule has 1 N–H and O–H groups in total. The van der Waals surface area contributed by atoms with Crippen LogP contribution in [0.4, 0.5) is 13.2 Å². The minimum Gasteiger partial charge on any atom is -0.317 e. The van der Waals surface area contributed by atoms with Crippen molar-refractivity contribution in [3.05, 3.63) is 35.4 Å². The van der Waals surface area contributed by atoms with Crippen LogP contribution in [0.25, 0.3) is 0 Å². The van der Waals surface area contributed by atoms with Gasteiger partial charge in [-0.25, -0.2) is 0 Å². The van der Waals surface area contributed by atoms with Crippen LogP contribution >= 0.6 is 0 Å². The standard InChI is InChI=1S/C15H18F3NO/c1-14(6-8-19-9-7-14)13(20)10-11-4-2-3-5-12(11)15(16,17)18/h2-5,19H,6-10H2,1H3. The van der Waals surface area contributed by atoms with E-state index < -0.39 is 17.2 Å². The third-order valence-electron chi connectivity index (χ3n) is 4.05. The second-order valence-corrected chi connectivity index (χ2v) is 5.57. The molecule has 0 atom stereocenters. The van der Waals surface area contributed by atoms with Crippen LogP contribution in [-0.4, -0.2) is 18.9 Å². The molecule has 1 aliphatic rings. The summed E-state index contributed by atoms with van der Waals surface area (Å²) in [5, 5.41) is 3.16. The van der Waals surface area contributed by atoms with E-state index in [-0.39, 0.29) is 17.8 Å². The molecule has 1 heterocycles. The molecule has 1 aromatic carbocycles. The van der Waals surface area contributed by atoms with E-state index in [2.05, 4.69) is 5.32 Å². The fraction of sp³-hybridized carbons (Fsp3) is 0.533. The molecule has 0 spiro atoms. The van der Waals surface area contributed by atoms with Crippen molar-refractivity contribution < 1.29 is 18.0 Å². The van der Waals surface area contributed by atoms with Crippen LogP contribution in [0.2, 0.25) is 0 Å². The highest BCUT2D eigenvalue weighted by atomic mass is 19.4. The summed E-state index contributed by atoms with van der Waals surface area (Å²) < 4.78 is 38.7. The number of alkyl halides is 3. The van der Waals surface area contributed by atoms with Crippen LogP contribution < -0.4 is 5.32 Å². The van der Waals surface area contributed by atoms with Crippen molar-refractivity contribution in [2.75, 3.05) is 13.1 Å². The lowest BCUT2D eigenvalue weighted by Crippen LogP contribution is -2.40. The topological polar surface area (TPSA) is 29.1 Å². The Hall–Kier alpha value is -1.36. The average Bonchev–Trinajstić information content (AvgIpc) is 2.39. The van der Waals surface area contributed by atoms with E-state index in [9.17, 15) is 18.0 Å². The highest BCUT2D eigenvalue weighted by Crippen LogP contribution is 2.35. The average molecular weight is 285 g/mol. The van der Waals surface area contributed by atoms with Gasteiger partial charge in [-0.05, 0) is 37.6 Å². The SMILES string of the molecule is CC1(C(=O)Cc2ccccc2C(F)(F)F)CCNCC1. The van der Waals surface area contributed by atoms with Crippen LogP contribution in [0, 0.1) is 5.41 Å². The molecule has 0 radical (unpaired) electrons. The second kappa shape index (κ2) is 5.56. The van der Waals surface area contributed by atoms with Gasteiger partial charge in [0.1, 0.15) is 5.78 Å². The summed E-state index contributed by atoms with van der Waals surface area (Å²) in [5.41, 5.74) is -1.14. The molecule has 110 valence electrons. The van der Waals surface area contributed by atoms with E-state index in [0.717, 1.165) is 19.2 Å². The molecule has 1 aliphatic heterocycles. The van der Waals surface area contributed by atoms with Crippen molar-refractivity contribution in [1.82, 2.24) is 5.32 Å². The number of halogens is 3. The van der Waals surface area contributed by atoms with Crippen molar-refractivity contribution in [3.63, 3.8) is 0 Å². The van der Waals surface area contributed by atoms with Gasteiger partial charge < -0.3 is 5.32 Å². The summed E-state index contributed by atoms with van der Waals surface area (Å²) in [6.07, 6.45) is -3.20. The lowest BCUT2D eigenvalue weighted by atomic mass is 9.75. The molecule has 0 aliphatic carbocycles. The molecule has 0 amide bonds. The van der Waals surface area contributed by atoms with E-state index in [1.54, 1.807) is 6.07 Å². The Kier molecular flexibility index (Phi) is 4.18. The molecule has 2 rings (SSSR count). The van der Waals surface area contributed by atoms with Gasteiger partial charge in [-0.2, -0.15) is 13.2 Å². The first kappa shape index (κ1) is 15.0. The van der Waals surface area contributed by atoms with Crippen LogP contribution in [0.5, 0.6) is 0 Å². The van der Waals surface area contributed by atoms with Gasteiger partial charge in [0.05, 0.1) is 5.56 Å². The lowest BCUT2D eigenvalue weighted by Gasteiger charge is -2.32. The molecule has 0 saturated carbocycles. The fourth-order valence-corrected chi connectivity index (χ4v) is 2.59. The first-order valence-electron chi connectivity index (χ1n) is 6.72. The highest BCUT2D eigenvalue weighted by molar-refractivity contribution is 5.86. The van der Waals surface area contributed by atoms with Crippen LogP contribution in [0.15, 0.2) is 24.3 Å². The Labute approximate surface area is 116 Å². The van der Waals surface area contributed by atoms with Gasteiger partial charge in [0.2, 0.25) is 0 Å².